The predicted molar refractivity (Wildman–Crippen MR) is 99.8 cm³/mol. The minimum atomic E-state index is -3.72. The second kappa shape index (κ2) is 7.75. The van der Waals surface area contributed by atoms with Crippen molar-refractivity contribution in [1.29, 1.82) is 0 Å². The second-order valence-electron chi connectivity index (χ2n) is 6.41. The van der Waals surface area contributed by atoms with Gasteiger partial charge in [0.25, 0.3) is 5.91 Å². The number of ether oxygens (including phenoxy) is 1. The lowest BCUT2D eigenvalue weighted by Crippen LogP contribution is -2.40. The van der Waals surface area contributed by atoms with Crippen LogP contribution in [-0.2, 0) is 14.8 Å². The van der Waals surface area contributed by atoms with Gasteiger partial charge in [0.15, 0.2) is 0 Å². The van der Waals surface area contributed by atoms with Gasteiger partial charge in [0.2, 0.25) is 10.0 Å². The summed E-state index contributed by atoms with van der Waals surface area (Å²) < 4.78 is 46.1. The van der Waals surface area contributed by atoms with Crippen LogP contribution < -0.4 is 5.32 Å². The van der Waals surface area contributed by atoms with E-state index in [1.165, 1.54) is 16.4 Å². The summed E-state index contributed by atoms with van der Waals surface area (Å²) in [5.41, 5.74) is 1.52. The summed E-state index contributed by atoms with van der Waals surface area (Å²) in [7, 11) is -3.72. The number of morpholine rings is 1. The van der Waals surface area contributed by atoms with Crippen molar-refractivity contribution in [2.45, 2.75) is 18.7 Å². The average molecular weight is 392 g/mol. The minimum absolute atomic E-state index is 0.0899. The van der Waals surface area contributed by atoms with Gasteiger partial charge in [-0.1, -0.05) is 12.1 Å². The molecule has 0 spiro atoms. The van der Waals surface area contributed by atoms with Gasteiger partial charge in [-0.05, 0) is 49.2 Å². The summed E-state index contributed by atoms with van der Waals surface area (Å²) in [6.07, 6.45) is 0. The Morgan fingerprint density at radius 2 is 1.74 bits per heavy atom. The largest absolute Gasteiger partial charge is 0.379 e. The number of carbonyl (C=O) groups excluding carboxylic acids is 1. The molecule has 0 aromatic heterocycles. The van der Waals surface area contributed by atoms with E-state index in [1.54, 1.807) is 38.1 Å². The average Bonchev–Trinajstić information content (AvgIpc) is 2.65. The summed E-state index contributed by atoms with van der Waals surface area (Å²) in [6.45, 7) is 4.56. The van der Waals surface area contributed by atoms with E-state index in [-0.39, 0.29) is 23.5 Å². The van der Waals surface area contributed by atoms with Gasteiger partial charge in [0.05, 0.1) is 18.1 Å². The SMILES string of the molecule is Cc1ccc(NC(=O)c2ccc(C)c(S(=O)(=O)N3CCOCC3)c2)cc1F. The Bertz CT molecular complexity index is 970. The van der Waals surface area contributed by atoms with Crippen LogP contribution in [0.2, 0.25) is 0 Å². The third-order valence-corrected chi connectivity index (χ3v) is 6.51. The van der Waals surface area contributed by atoms with Crippen molar-refractivity contribution < 1.29 is 22.3 Å². The Morgan fingerprint density at radius 3 is 2.41 bits per heavy atom. The molecular formula is C19H21FN2O4S. The molecule has 2 aromatic rings. The van der Waals surface area contributed by atoms with Crippen LogP contribution in [0.15, 0.2) is 41.3 Å². The maximum absolute atomic E-state index is 13.7. The van der Waals surface area contributed by atoms with Gasteiger partial charge in [0, 0.05) is 24.3 Å². The molecule has 144 valence electrons. The second-order valence-corrected chi connectivity index (χ2v) is 8.32. The Hall–Kier alpha value is -2.29. The van der Waals surface area contributed by atoms with Crippen LogP contribution in [-0.4, -0.2) is 44.9 Å². The Morgan fingerprint density at radius 1 is 1.07 bits per heavy atom. The molecule has 1 heterocycles. The maximum Gasteiger partial charge on any atom is 0.255 e. The number of halogens is 1. The fourth-order valence-corrected chi connectivity index (χ4v) is 4.48. The van der Waals surface area contributed by atoms with Crippen molar-refractivity contribution in [3.05, 3.63) is 58.9 Å². The lowest BCUT2D eigenvalue weighted by molar-refractivity contribution is 0.0730. The molecule has 8 heteroatoms. The van der Waals surface area contributed by atoms with Crippen LogP contribution in [0.4, 0.5) is 10.1 Å². The fraction of sp³-hybridized carbons (Fsp3) is 0.316. The molecule has 0 unspecified atom stereocenters. The van der Waals surface area contributed by atoms with Crippen LogP contribution in [0.3, 0.4) is 0 Å². The minimum Gasteiger partial charge on any atom is -0.379 e. The molecule has 1 fully saturated rings. The summed E-state index contributed by atoms with van der Waals surface area (Å²) in [4.78, 5) is 12.6. The number of aryl methyl sites for hydroxylation is 2. The predicted octanol–water partition coefficient (Wildman–Crippen LogP) is 2.72. The van der Waals surface area contributed by atoms with E-state index in [4.69, 9.17) is 4.74 Å². The van der Waals surface area contributed by atoms with Crippen LogP contribution >= 0.6 is 0 Å². The number of rotatable bonds is 4. The monoisotopic (exact) mass is 392 g/mol. The number of amides is 1. The first-order chi connectivity index (χ1) is 12.8. The standard InChI is InChI=1S/C19H21FN2O4S/c1-13-4-6-16(12-17(13)20)21-19(23)15-5-3-14(2)18(11-15)27(24,25)22-7-9-26-10-8-22/h3-6,11-12H,7-10H2,1-2H3,(H,21,23). The summed E-state index contributed by atoms with van der Waals surface area (Å²) >= 11 is 0. The van der Waals surface area contributed by atoms with Crippen molar-refractivity contribution in [3.63, 3.8) is 0 Å². The fourth-order valence-electron chi connectivity index (χ4n) is 2.82. The summed E-state index contributed by atoms with van der Waals surface area (Å²) in [5, 5.41) is 2.60. The molecule has 27 heavy (non-hydrogen) atoms. The molecule has 0 bridgehead atoms. The third kappa shape index (κ3) is 4.18. The molecule has 1 aliphatic rings. The van der Waals surface area contributed by atoms with Crippen LogP contribution in [0.5, 0.6) is 0 Å². The normalized spacial score (nSPS) is 15.5. The highest BCUT2D eigenvalue weighted by molar-refractivity contribution is 7.89. The van der Waals surface area contributed by atoms with Gasteiger partial charge in [-0.2, -0.15) is 4.31 Å². The molecule has 3 rings (SSSR count). The van der Waals surface area contributed by atoms with Crippen molar-refractivity contribution >= 4 is 21.6 Å². The molecular weight excluding hydrogens is 371 g/mol. The van der Waals surface area contributed by atoms with E-state index < -0.39 is 21.7 Å². The van der Waals surface area contributed by atoms with Gasteiger partial charge in [-0.25, -0.2) is 12.8 Å². The van der Waals surface area contributed by atoms with E-state index in [9.17, 15) is 17.6 Å². The first-order valence-corrected chi connectivity index (χ1v) is 9.99. The van der Waals surface area contributed by atoms with E-state index in [2.05, 4.69) is 5.32 Å². The van der Waals surface area contributed by atoms with E-state index >= 15 is 0 Å². The molecule has 2 aromatic carbocycles. The Balaban J connectivity index is 1.88. The van der Waals surface area contributed by atoms with Crippen molar-refractivity contribution in [2.75, 3.05) is 31.6 Å². The first-order valence-electron chi connectivity index (χ1n) is 8.55. The summed E-state index contributed by atoms with van der Waals surface area (Å²) in [6, 6.07) is 8.89. The molecule has 0 radical (unpaired) electrons. The van der Waals surface area contributed by atoms with Crippen molar-refractivity contribution in [2.24, 2.45) is 0 Å². The number of hydrogen-bond donors (Lipinski definition) is 1. The van der Waals surface area contributed by atoms with Crippen LogP contribution in [0.1, 0.15) is 21.5 Å². The highest BCUT2D eigenvalue weighted by Crippen LogP contribution is 2.23. The zero-order valence-electron chi connectivity index (χ0n) is 15.2. The quantitative estimate of drug-likeness (QED) is 0.868. The van der Waals surface area contributed by atoms with Crippen molar-refractivity contribution in [3.8, 4) is 0 Å². The molecule has 1 amide bonds. The summed E-state index contributed by atoms with van der Waals surface area (Å²) in [5.74, 6) is -0.927. The van der Waals surface area contributed by atoms with Gasteiger partial charge in [0.1, 0.15) is 5.82 Å². The highest BCUT2D eigenvalue weighted by atomic mass is 32.2. The maximum atomic E-state index is 13.7. The number of carbonyl (C=O) groups is 1. The molecule has 0 atom stereocenters. The lowest BCUT2D eigenvalue weighted by Gasteiger charge is -2.26. The molecule has 0 saturated carbocycles. The zero-order chi connectivity index (χ0) is 19.6. The Kier molecular flexibility index (Phi) is 5.59. The third-order valence-electron chi connectivity index (χ3n) is 4.47. The van der Waals surface area contributed by atoms with E-state index in [0.717, 1.165) is 0 Å². The van der Waals surface area contributed by atoms with Gasteiger partial charge in [-0.15, -0.1) is 0 Å². The number of sulfonamides is 1. The number of nitrogens with one attached hydrogen (secondary N) is 1. The van der Waals surface area contributed by atoms with Crippen LogP contribution in [0.25, 0.3) is 0 Å². The zero-order valence-corrected chi connectivity index (χ0v) is 16.0. The lowest BCUT2D eigenvalue weighted by atomic mass is 10.1. The molecule has 1 saturated heterocycles. The first kappa shape index (κ1) is 19.5. The van der Waals surface area contributed by atoms with Crippen LogP contribution in [0, 0.1) is 19.7 Å². The smallest absolute Gasteiger partial charge is 0.255 e. The number of anilines is 1. The van der Waals surface area contributed by atoms with Gasteiger partial charge < -0.3 is 10.1 Å². The Labute approximate surface area is 158 Å². The van der Waals surface area contributed by atoms with Crippen molar-refractivity contribution in [1.82, 2.24) is 4.31 Å². The number of benzene rings is 2. The van der Waals surface area contributed by atoms with Gasteiger partial charge >= 0.3 is 0 Å². The molecule has 1 N–H and O–H groups in total. The van der Waals surface area contributed by atoms with E-state index in [1.807, 2.05) is 0 Å². The molecule has 1 aliphatic heterocycles. The molecule has 0 aliphatic carbocycles. The number of nitrogens with zero attached hydrogens (tertiary/aromatic N) is 1. The van der Waals surface area contributed by atoms with E-state index in [0.29, 0.717) is 30.0 Å². The topological polar surface area (TPSA) is 75.7 Å². The highest BCUT2D eigenvalue weighted by Gasteiger charge is 2.28. The van der Waals surface area contributed by atoms with Gasteiger partial charge in [-0.3, -0.25) is 4.79 Å². The number of hydrogen-bond acceptors (Lipinski definition) is 4. The molecule has 6 nitrogen and oxygen atoms in total.